The number of ketones is 1. The van der Waals surface area contributed by atoms with Gasteiger partial charge in [-0.2, -0.15) is 0 Å². The first-order chi connectivity index (χ1) is 10.0. The zero-order chi connectivity index (χ0) is 15.0. The molecule has 0 radical (unpaired) electrons. The molecule has 116 valence electrons. The molecule has 3 aliphatic carbocycles. The molecule has 3 saturated carbocycles. The predicted octanol–water partition coefficient (Wildman–Crippen LogP) is 1.59. The molecule has 5 heteroatoms. The summed E-state index contributed by atoms with van der Waals surface area (Å²) < 4.78 is 5.32. The fourth-order valence-electron chi connectivity index (χ4n) is 3.54. The Morgan fingerprint density at radius 1 is 1.14 bits per heavy atom. The van der Waals surface area contributed by atoms with Gasteiger partial charge >= 0.3 is 5.97 Å². The van der Waals surface area contributed by atoms with Crippen LogP contribution in [0.3, 0.4) is 0 Å². The largest absolute Gasteiger partial charge is 0.452 e. The molecule has 0 aromatic heterocycles. The van der Waals surface area contributed by atoms with E-state index in [4.69, 9.17) is 4.74 Å². The first-order valence-corrected chi connectivity index (χ1v) is 8.09. The monoisotopic (exact) mass is 293 g/mol. The standard InChI is InChI=1S/C16H23NO4/c1-9(15(19)17-13-5-6-13)21-16(20)12-7-10-3-2-4-11(8-12)14(10)18/h9-13H,2-8H2,1H3,(H,17,19)/t9-,10-,11+,12?/m1/s1. The van der Waals surface area contributed by atoms with E-state index in [1.54, 1.807) is 6.92 Å². The third-order valence-electron chi connectivity index (χ3n) is 4.97. The van der Waals surface area contributed by atoms with Crippen molar-refractivity contribution in [1.29, 1.82) is 0 Å². The fourth-order valence-corrected chi connectivity index (χ4v) is 3.54. The number of fused-ring (bicyclic) bond motifs is 2. The lowest BCUT2D eigenvalue weighted by Crippen LogP contribution is -2.42. The Morgan fingerprint density at radius 2 is 1.76 bits per heavy atom. The highest BCUT2D eigenvalue weighted by molar-refractivity contribution is 5.88. The second-order valence-electron chi connectivity index (χ2n) is 6.76. The van der Waals surface area contributed by atoms with Gasteiger partial charge in [0, 0.05) is 17.9 Å². The molecule has 0 aromatic carbocycles. The van der Waals surface area contributed by atoms with E-state index in [1.807, 2.05) is 0 Å². The number of carbonyl (C=O) groups is 3. The van der Waals surface area contributed by atoms with Gasteiger partial charge in [-0.1, -0.05) is 6.42 Å². The van der Waals surface area contributed by atoms with Gasteiger partial charge in [-0.05, 0) is 45.4 Å². The van der Waals surface area contributed by atoms with Crippen molar-refractivity contribution < 1.29 is 19.1 Å². The van der Waals surface area contributed by atoms with E-state index in [0.717, 1.165) is 32.1 Å². The Kier molecular flexibility index (Phi) is 4.00. The molecule has 3 fully saturated rings. The van der Waals surface area contributed by atoms with E-state index < -0.39 is 6.10 Å². The smallest absolute Gasteiger partial charge is 0.309 e. The van der Waals surface area contributed by atoms with Gasteiger partial charge in [0.15, 0.2) is 6.10 Å². The number of rotatable bonds is 4. The Balaban J connectivity index is 1.53. The first-order valence-electron chi connectivity index (χ1n) is 8.09. The predicted molar refractivity (Wildman–Crippen MR) is 75.3 cm³/mol. The minimum Gasteiger partial charge on any atom is -0.452 e. The number of Topliss-reactive ketones (excluding diaryl/α,β-unsaturated/α-hetero) is 1. The van der Waals surface area contributed by atoms with Crippen LogP contribution in [0.2, 0.25) is 0 Å². The lowest BCUT2D eigenvalue weighted by atomic mass is 9.67. The average molecular weight is 293 g/mol. The fraction of sp³-hybridized carbons (Fsp3) is 0.812. The lowest BCUT2D eigenvalue weighted by molar-refractivity contribution is -0.162. The van der Waals surface area contributed by atoms with Gasteiger partial charge in [-0.15, -0.1) is 0 Å². The van der Waals surface area contributed by atoms with E-state index in [9.17, 15) is 14.4 Å². The number of hydrogen-bond donors (Lipinski definition) is 1. The molecule has 21 heavy (non-hydrogen) atoms. The van der Waals surface area contributed by atoms with Crippen molar-refractivity contribution in [3.63, 3.8) is 0 Å². The minimum absolute atomic E-state index is 0.0330. The zero-order valence-corrected chi connectivity index (χ0v) is 12.5. The molecule has 0 heterocycles. The van der Waals surface area contributed by atoms with Gasteiger partial charge in [0.05, 0.1) is 5.92 Å². The summed E-state index contributed by atoms with van der Waals surface area (Å²) in [7, 11) is 0. The highest BCUT2D eigenvalue weighted by Crippen LogP contribution is 2.40. The second-order valence-corrected chi connectivity index (χ2v) is 6.76. The molecule has 3 aliphatic rings. The molecule has 4 atom stereocenters. The number of hydrogen-bond acceptors (Lipinski definition) is 4. The highest BCUT2D eigenvalue weighted by Gasteiger charge is 2.42. The van der Waals surface area contributed by atoms with Crippen molar-refractivity contribution >= 4 is 17.7 Å². The summed E-state index contributed by atoms with van der Waals surface area (Å²) in [6.07, 6.45) is 5.38. The molecule has 0 spiro atoms. The number of nitrogens with one attached hydrogen (secondary N) is 1. The van der Waals surface area contributed by atoms with Crippen LogP contribution in [0.5, 0.6) is 0 Å². The summed E-state index contributed by atoms with van der Waals surface area (Å²) in [4.78, 5) is 36.1. The van der Waals surface area contributed by atoms with Gasteiger partial charge in [-0.25, -0.2) is 0 Å². The summed E-state index contributed by atoms with van der Waals surface area (Å²) >= 11 is 0. The quantitative estimate of drug-likeness (QED) is 0.799. The van der Waals surface area contributed by atoms with Crippen LogP contribution in [0.15, 0.2) is 0 Å². The van der Waals surface area contributed by atoms with Gasteiger partial charge in [0.1, 0.15) is 5.78 Å². The van der Waals surface area contributed by atoms with E-state index in [0.29, 0.717) is 18.6 Å². The molecule has 0 aliphatic heterocycles. The number of amides is 1. The molecule has 0 aromatic rings. The molecule has 1 N–H and O–H groups in total. The summed E-state index contributed by atoms with van der Waals surface area (Å²) in [5.41, 5.74) is 0. The summed E-state index contributed by atoms with van der Waals surface area (Å²) in [6.45, 7) is 1.62. The van der Waals surface area contributed by atoms with Crippen LogP contribution in [0, 0.1) is 17.8 Å². The SMILES string of the molecule is C[C@@H](OC(=O)C1C[C@H]2CCC[C@@H](C1)C2=O)C(=O)NC1CC1. The van der Waals surface area contributed by atoms with Crippen LogP contribution in [0.1, 0.15) is 51.9 Å². The first kappa shape index (κ1) is 14.5. The normalized spacial score (nSPS) is 33.2. The molecular weight excluding hydrogens is 270 g/mol. The molecule has 2 bridgehead atoms. The molecule has 1 unspecified atom stereocenters. The van der Waals surface area contributed by atoms with E-state index >= 15 is 0 Å². The van der Waals surface area contributed by atoms with Crippen molar-refractivity contribution in [2.75, 3.05) is 0 Å². The molecule has 3 rings (SSSR count). The van der Waals surface area contributed by atoms with Crippen LogP contribution < -0.4 is 5.32 Å². The van der Waals surface area contributed by atoms with E-state index in [1.165, 1.54) is 0 Å². The van der Waals surface area contributed by atoms with Gasteiger partial charge < -0.3 is 10.1 Å². The second kappa shape index (κ2) is 5.78. The van der Waals surface area contributed by atoms with E-state index in [-0.39, 0.29) is 35.7 Å². The summed E-state index contributed by atoms with van der Waals surface area (Å²) in [5, 5.41) is 2.84. The van der Waals surface area contributed by atoms with Crippen molar-refractivity contribution in [1.82, 2.24) is 5.32 Å². The van der Waals surface area contributed by atoms with Crippen LogP contribution in [-0.2, 0) is 19.1 Å². The maximum Gasteiger partial charge on any atom is 0.309 e. The van der Waals surface area contributed by atoms with Gasteiger partial charge in [0.2, 0.25) is 0 Å². The van der Waals surface area contributed by atoms with Gasteiger partial charge in [0.25, 0.3) is 5.91 Å². The molecule has 5 nitrogen and oxygen atoms in total. The maximum absolute atomic E-state index is 12.2. The number of carbonyl (C=O) groups excluding carboxylic acids is 3. The Morgan fingerprint density at radius 3 is 2.33 bits per heavy atom. The van der Waals surface area contributed by atoms with Crippen molar-refractivity contribution in [3.8, 4) is 0 Å². The number of ether oxygens (including phenoxy) is 1. The third-order valence-corrected chi connectivity index (χ3v) is 4.97. The Bertz CT molecular complexity index is 441. The van der Waals surface area contributed by atoms with Crippen LogP contribution in [-0.4, -0.2) is 29.8 Å². The van der Waals surface area contributed by atoms with Crippen molar-refractivity contribution in [2.45, 2.75) is 64.0 Å². The van der Waals surface area contributed by atoms with Crippen molar-refractivity contribution in [2.24, 2.45) is 17.8 Å². The van der Waals surface area contributed by atoms with Crippen LogP contribution in [0.4, 0.5) is 0 Å². The van der Waals surface area contributed by atoms with Crippen LogP contribution >= 0.6 is 0 Å². The van der Waals surface area contributed by atoms with Crippen LogP contribution in [0.25, 0.3) is 0 Å². The summed E-state index contributed by atoms with van der Waals surface area (Å²) in [5.74, 6) is -0.328. The lowest BCUT2D eigenvalue weighted by Gasteiger charge is -2.36. The maximum atomic E-state index is 12.2. The minimum atomic E-state index is -0.740. The summed E-state index contributed by atoms with van der Waals surface area (Å²) in [6, 6.07) is 0.269. The Labute approximate surface area is 124 Å². The topological polar surface area (TPSA) is 72.5 Å². The average Bonchev–Trinajstić information content (AvgIpc) is 3.22. The molecule has 1 amide bonds. The number of esters is 1. The Hall–Kier alpha value is -1.39. The molecule has 0 saturated heterocycles. The van der Waals surface area contributed by atoms with E-state index in [2.05, 4.69) is 5.32 Å². The van der Waals surface area contributed by atoms with Crippen molar-refractivity contribution in [3.05, 3.63) is 0 Å². The third kappa shape index (κ3) is 3.27. The highest BCUT2D eigenvalue weighted by atomic mass is 16.5. The molecular formula is C16H23NO4. The zero-order valence-electron chi connectivity index (χ0n) is 12.5. The van der Waals surface area contributed by atoms with Gasteiger partial charge in [-0.3, -0.25) is 14.4 Å².